The van der Waals surface area contributed by atoms with E-state index in [2.05, 4.69) is 25.7 Å². The lowest BCUT2D eigenvalue weighted by Gasteiger charge is -2.40. The second kappa shape index (κ2) is 6.36. The summed E-state index contributed by atoms with van der Waals surface area (Å²) < 4.78 is 0. The van der Waals surface area contributed by atoms with Crippen LogP contribution in [0.5, 0.6) is 0 Å². The Balaban J connectivity index is 2.47. The molecule has 3 heteroatoms. The molecule has 0 amide bonds. The van der Waals surface area contributed by atoms with Crippen molar-refractivity contribution >= 4 is 5.78 Å². The predicted molar refractivity (Wildman–Crippen MR) is 81.1 cm³/mol. The summed E-state index contributed by atoms with van der Waals surface area (Å²) in [5.74, 6) is 0.207. The molecule has 3 nitrogen and oxygen atoms in total. The molecule has 1 atom stereocenters. The van der Waals surface area contributed by atoms with Crippen LogP contribution in [0.4, 0.5) is 0 Å². The van der Waals surface area contributed by atoms with Crippen molar-refractivity contribution in [3.8, 4) is 0 Å². The van der Waals surface area contributed by atoms with Gasteiger partial charge in [0.05, 0.1) is 6.04 Å². The van der Waals surface area contributed by atoms with Crippen molar-refractivity contribution in [3.05, 3.63) is 0 Å². The van der Waals surface area contributed by atoms with Crippen LogP contribution < -0.4 is 5.73 Å². The van der Waals surface area contributed by atoms with E-state index in [1.54, 1.807) is 0 Å². The molecule has 1 rings (SSSR count). The average Bonchev–Trinajstić information content (AvgIpc) is 2.40. The molecule has 0 aliphatic carbocycles. The van der Waals surface area contributed by atoms with Gasteiger partial charge in [-0.3, -0.25) is 4.79 Å². The fourth-order valence-electron chi connectivity index (χ4n) is 2.67. The quantitative estimate of drug-likeness (QED) is 0.806. The smallest absolute Gasteiger partial charge is 0.156 e. The zero-order valence-corrected chi connectivity index (χ0v) is 13.5. The van der Waals surface area contributed by atoms with Crippen LogP contribution in [0.15, 0.2) is 0 Å². The van der Waals surface area contributed by atoms with E-state index in [4.69, 9.17) is 5.73 Å². The Morgan fingerprint density at radius 1 is 1.32 bits per heavy atom. The molecule has 0 radical (unpaired) electrons. The number of likely N-dealkylation sites (tertiary alicyclic amines) is 1. The fourth-order valence-corrected chi connectivity index (χ4v) is 2.67. The third-order valence-corrected chi connectivity index (χ3v) is 5.26. The third-order valence-electron chi connectivity index (χ3n) is 5.26. The van der Waals surface area contributed by atoms with Gasteiger partial charge in [-0.2, -0.15) is 0 Å². The lowest BCUT2D eigenvalue weighted by atomic mass is 9.78. The van der Waals surface area contributed by atoms with Crippen molar-refractivity contribution in [3.63, 3.8) is 0 Å². The van der Waals surface area contributed by atoms with Gasteiger partial charge in [0.2, 0.25) is 0 Å². The number of piperidine rings is 1. The topological polar surface area (TPSA) is 46.3 Å². The summed E-state index contributed by atoms with van der Waals surface area (Å²) in [7, 11) is 0. The van der Waals surface area contributed by atoms with E-state index in [-0.39, 0.29) is 17.2 Å². The van der Waals surface area contributed by atoms with E-state index in [1.807, 2.05) is 13.8 Å². The largest absolute Gasteiger partial charge is 0.320 e. The number of hydrogen-bond acceptors (Lipinski definition) is 3. The summed E-state index contributed by atoms with van der Waals surface area (Å²) in [4.78, 5) is 14.7. The molecular formula is C16H32N2O. The van der Waals surface area contributed by atoms with E-state index < -0.39 is 0 Å². The summed E-state index contributed by atoms with van der Waals surface area (Å²) in [5.41, 5.74) is 6.33. The molecule has 1 aliphatic rings. The van der Waals surface area contributed by atoms with Crippen LogP contribution >= 0.6 is 0 Å². The molecular weight excluding hydrogens is 236 g/mol. The highest BCUT2D eigenvalue weighted by molar-refractivity contribution is 5.89. The monoisotopic (exact) mass is 268 g/mol. The fraction of sp³-hybridized carbons (Fsp3) is 0.938. The number of nitrogens with two attached hydrogens (primary N) is 1. The molecule has 1 saturated heterocycles. The highest BCUT2D eigenvalue weighted by Gasteiger charge is 2.33. The van der Waals surface area contributed by atoms with Crippen molar-refractivity contribution in [2.24, 2.45) is 16.6 Å². The molecule has 19 heavy (non-hydrogen) atoms. The first-order chi connectivity index (χ1) is 8.74. The van der Waals surface area contributed by atoms with Crippen LogP contribution in [0.1, 0.15) is 60.3 Å². The second-order valence-electron chi connectivity index (χ2n) is 7.17. The SMILES string of the molecule is CCC1(C)CCN(CC(N)C(=O)C(C)(C)CC)CC1. The van der Waals surface area contributed by atoms with Gasteiger partial charge in [-0.1, -0.05) is 41.0 Å². The number of nitrogens with zero attached hydrogens (tertiary/aromatic N) is 1. The minimum absolute atomic E-state index is 0.207. The summed E-state index contributed by atoms with van der Waals surface area (Å²) in [6, 6.07) is -0.332. The van der Waals surface area contributed by atoms with Gasteiger partial charge in [-0.05, 0) is 37.8 Å². The van der Waals surface area contributed by atoms with Gasteiger partial charge in [-0.15, -0.1) is 0 Å². The first-order valence-corrected chi connectivity index (χ1v) is 7.76. The molecule has 0 spiro atoms. The summed E-state index contributed by atoms with van der Waals surface area (Å²) in [6.07, 6.45) is 4.55. The molecule has 0 aromatic heterocycles. The van der Waals surface area contributed by atoms with Crippen LogP contribution in [0, 0.1) is 10.8 Å². The van der Waals surface area contributed by atoms with Gasteiger partial charge >= 0.3 is 0 Å². The van der Waals surface area contributed by atoms with Crippen LogP contribution in [0.3, 0.4) is 0 Å². The first kappa shape index (κ1) is 16.6. The highest BCUT2D eigenvalue weighted by atomic mass is 16.1. The van der Waals surface area contributed by atoms with Crippen LogP contribution in [0.25, 0.3) is 0 Å². The lowest BCUT2D eigenvalue weighted by Crippen LogP contribution is -2.50. The van der Waals surface area contributed by atoms with Crippen LogP contribution in [-0.4, -0.2) is 36.4 Å². The highest BCUT2D eigenvalue weighted by Crippen LogP contribution is 2.34. The van der Waals surface area contributed by atoms with E-state index in [0.717, 1.165) is 26.1 Å². The zero-order valence-electron chi connectivity index (χ0n) is 13.5. The lowest BCUT2D eigenvalue weighted by molar-refractivity contribution is -0.129. The van der Waals surface area contributed by atoms with Gasteiger partial charge in [0.15, 0.2) is 5.78 Å². The van der Waals surface area contributed by atoms with Gasteiger partial charge < -0.3 is 10.6 Å². The number of rotatable bonds is 6. The summed E-state index contributed by atoms with van der Waals surface area (Å²) in [6.45, 7) is 13.6. The Morgan fingerprint density at radius 3 is 2.26 bits per heavy atom. The van der Waals surface area contributed by atoms with E-state index >= 15 is 0 Å². The molecule has 0 aromatic rings. The van der Waals surface area contributed by atoms with Gasteiger partial charge in [0, 0.05) is 12.0 Å². The number of hydrogen-bond donors (Lipinski definition) is 1. The molecule has 1 heterocycles. The minimum Gasteiger partial charge on any atom is -0.320 e. The maximum absolute atomic E-state index is 12.3. The van der Waals surface area contributed by atoms with Gasteiger partial charge in [0.25, 0.3) is 0 Å². The Kier molecular flexibility index (Phi) is 5.57. The maximum atomic E-state index is 12.3. The molecule has 0 saturated carbocycles. The molecule has 2 N–H and O–H groups in total. The number of Topliss-reactive ketones (excluding diaryl/α,β-unsaturated/α-hetero) is 1. The van der Waals surface area contributed by atoms with Crippen LogP contribution in [-0.2, 0) is 4.79 Å². The minimum atomic E-state index is -0.332. The van der Waals surface area contributed by atoms with Crippen molar-refractivity contribution in [1.82, 2.24) is 4.90 Å². The average molecular weight is 268 g/mol. The number of carbonyl (C=O) groups is 1. The summed E-state index contributed by atoms with van der Waals surface area (Å²) in [5, 5.41) is 0. The maximum Gasteiger partial charge on any atom is 0.156 e. The molecule has 112 valence electrons. The summed E-state index contributed by atoms with van der Waals surface area (Å²) >= 11 is 0. The molecule has 0 bridgehead atoms. The Hall–Kier alpha value is -0.410. The first-order valence-electron chi connectivity index (χ1n) is 7.76. The molecule has 1 unspecified atom stereocenters. The number of ketones is 1. The molecule has 1 aliphatic heterocycles. The van der Waals surface area contributed by atoms with E-state index in [1.165, 1.54) is 19.3 Å². The number of carbonyl (C=O) groups excluding carboxylic acids is 1. The Labute approximate surface area is 118 Å². The molecule has 1 fully saturated rings. The standard InChI is InChI=1S/C16H32N2O/c1-6-15(3,4)14(19)13(17)12-18-10-8-16(5,7-2)9-11-18/h13H,6-12,17H2,1-5H3. The van der Waals surface area contributed by atoms with Crippen molar-refractivity contribution in [2.45, 2.75) is 66.3 Å². The predicted octanol–water partition coefficient (Wildman–Crippen LogP) is 2.83. The third kappa shape index (κ3) is 4.28. The van der Waals surface area contributed by atoms with Crippen molar-refractivity contribution in [2.75, 3.05) is 19.6 Å². The van der Waals surface area contributed by atoms with Crippen LogP contribution in [0.2, 0.25) is 0 Å². The van der Waals surface area contributed by atoms with Gasteiger partial charge in [-0.25, -0.2) is 0 Å². The van der Waals surface area contributed by atoms with E-state index in [9.17, 15) is 4.79 Å². The van der Waals surface area contributed by atoms with Crippen molar-refractivity contribution < 1.29 is 4.79 Å². The second-order valence-corrected chi connectivity index (χ2v) is 7.17. The van der Waals surface area contributed by atoms with Crippen molar-refractivity contribution in [1.29, 1.82) is 0 Å². The Bertz CT molecular complexity index is 304. The zero-order chi connectivity index (χ0) is 14.7. The Morgan fingerprint density at radius 2 is 1.84 bits per heavy atom. The van der Waals surface area contributed by atoms with Gasteiger partial charge in [0.1, 0.15) is 0 Å². The van der Waals surface area contributed by atoms with E-state index in [0.29, 0.717) is 5.41 Å². The normalized spacial score (nSPS) is 22.2. The molecule has 0 aromatic carbocycles.